The molecule has 0 saturated carbocycles. The van der Waals surface area contributed by atoms with Crippen molar-refractivity contribution in [1.29, 1.82) is 0 Å². The predicted octanol–water partition coefficient (Wildman–Crippen LogP) is 15.5. The second-order valence-corrected chi connectivity index (χ2v) is 18.9. The smallest absolute Gasteiger partial charge is 0.509 e. The van der Waals surface area contributed by atoms with E-state index in [-0.39, 0.29) is 31.9 Å². The van der Waals surface area contributed by atoms with E-state index in [1.165, 1.54) is 5.56 Å². The number of rotatable bonds is 8. The predicted molar refractivity (Wildman–Crippen MR) is 266 cm³/mol. The Balaban J connectivity index is 0.00000548. The first-order valence-electron chi connectivity index (χ1n) is 22.6. The molecule has 6 heteroatoms. The molecular formula is C59H52N4OPt+2. The molecule has 0 unspecified atom stereocenters. The monoisotopic (exact) mass is 1030 g/mol. The SMILES string of the molecule is [2H]C(C)(C)c1cccc2c1[N+](c1c(-c3ccccc3)cccc1-c1ccccc1)=C=[N+]2c1[c-]c(Oc2[c-]c3c(cc2)c2ccccc2n3-c2cc(C(C)(C)C)ccn2)cc(C(C)(C)C)c1.[Pt+2]. The van der Waals surface area contributed by atoms with Crippen LogP contribution in [0.25, 0.3) is 49.9 Å². The fourth-order valence-electron chi connectivity index (χ4n) is 8.82. The average molecular weight is 1030 g/mol. The van der Waals surface area contributed by atoms with E-state index >= 15 is 0 Å². The van der Waals surface area contributed by atoms with E-state index in [2.05, 4.69) is 207 Å². The third kappa shape index (κ3) is 8.09. The van der Waals surface area contributed by atoms with Crippen molar-refractivity contribution >= 4 is 50.6 Å². The molecule has 9 aromatic rings. The fourth-order valence-corrected chi connectivity index (χ4v) is 8.82. The average Bonchev–Trinajstić information content (AvgIpc) is 3.84. The molecule has 65 heavy (non-hydrogen) atoms. The summed E-state index contributed by atoms with van der Waals surface area (Å²) in [7, 11) is 0. The van der Waals surface area contributed by atoms with Gasteiger partial charge in [-0.3, -0.25) is 0 Å². The van der Waals surface area contributed by atoms with Gasteiger partial charge in [-0.1, -0.05) is 175 Å². The molecule has 322 valence electrons. The Morgan fingerprint density at radius 1 is 0.615 bits per heavy atom. The molecule has 0 amide bonds. The molecule has 10 rings (SSSR count). The van der Waals surface area contributed by atoms with Gasteiger partial charge in [0.05, 0.1) is 11.1 Å². The van der Waals surface area contributed by atoms with Gasteiger partial charge in [0.15, 0.2) is 0 Å². The van der Waals surface area contributed by atoms with Crippen LogP contribution >= 0.6 is 0 Å². The van der Waals surface area contributed by atoms with Gasteiger partial charge in [-0.25, -0.2) is 4.98 Å². The summed E-state index contributed by atoms with van der Waals surface area (Å²) in [6.07, 6.45) is 1.90. The minimum Gasteiger partial charge on any atom is -0.509 e. The van der Waals surface area contributed by atoms with E-state index in [1.54, 1.807) is 0 Å². The van der Waals surface area contributed by atoms with Gasteiger partial charge in [0.1, 0.15) is 11.5 Å². The number of aromatic nitrogens is 2. The van der Waals surface area contributed by atoms with Gasteiger partial charge in [-0.05, 0) is 73.7 Å². The number of nitrogens with zero attached hydrogens (tertiary/aromatic N) is 4. The third-order valence-electron chi connectivity index (χ3n) is 12.2. The molecule has 0 atom stereocenters. The summed E-state index contributed by atoms with van der Waals surface area (Å²) in [5.41, 5.74) is 12.7. The first-order chi connectivity index (χ1) is 31.1. The molecular weight excluding hydrogens is 976 g/mol. The molecule has 3 heterocycles. The van der Waals surface area contributed by atoms with E-state index in [1.807, 2.05) is 44.3 Å². The first kappa shape index (κ1) is 42.3. The zero-order valence-corrected chi connectivity index (χ0v) is 40.4. The number of benzene rings is 7. The molecule has 0 spiro atoms. The quantitative estimate of drug-likeness (QED) is 0.112. The maximum absolute atomic E-state index is 9.47. The Morgan fingerprint density at radius 2 is 1.26 bits per heavy atom. The van der Waals surface area contributed by atoms with Gasteiger partial charge >= 0.3 is 32.8 Å². The molecule has 0 bridgehead atoms. The van der Waals surface area contributed by atoms with Crippen LogP contribution in [-0.2, 0) is 31.9 Å². The van der Waals surface area contributed by atoms with Crippen LogP contribution < -0.4 is 13.9 Å². The van der Waals surface area contributed by atoms with E-state index < -0.39 is 5.89 Å². The summed E-state index contributed by atoms with van der Waals surface area (Å²) in [6, 6.07) is 66.0. The molecule has 0 fully saturated rings. The second-order valence-electron chi connectivity index (χ2n) is 18.9. The van der Waals surface area contributed by atoms with Crippen molar-refractivity contribution in [1.82, 2.24) is 18.7 Å². The minimum atomic E-state index is -0.929. The molecule has 2 aromatic heterocycles. The Kier molecular flexibility index (Phi) is 11.1. The van der Waals surface area contributed by atoms with Crippen molar-refractivity contribution in [2.24, 2.45) is 0 Å². The number of fused-ring (bicyclic) bond motifs is 4. The van der Waals surface area contributed by atoms with E-state index in [0.29, 0.717) is 11.5 Å². The van der Waals surface area contributed by atoms with Crippen LogP contribution in [0, 0.1) is 12.1 Å². The number of ether oxygens (including phenoxy) is 1. The van der Waals surface area contributed by atoms with E-state index in [9.17, 15) is 1.37 Å². The summed E-state index contributed by atoms with van der Waals surface area (Å²) in [5, 5.41) is 2.19. The first-order valence-corrected chi connectivity index (χ1v) is 22.1. The normalized spacial score (nSPS) is 13.0. The maximum atomic E-state index is 9.47. The van der Waals surface area contributed by atoms with Crippen molar-refractivity contribution < 1.29 is 27.2 Å². The molecule has 0 saturated heterocycles. The summed E-state index contributed by atoms with van der Waals surface area (Å²) in [5.74, 6) is 1.04. The van der Waals surface area contributed by atoms with Crippen molar-refractivity contribution in [3.63, 3.8) is 0 Å². The zero-order chi connectivity index (χ0) is 45.3. The Morgan fingerprint density at radius 3 is 1.92 bits per heavy atom. The van der Waals surface area contributed by atoms with Crippen molar-refractivity contribution in [3.8, 4) is 39.6 Å². The van der Waals surface area contributed by atoms with Crippen molar-refractivity contribution in [2.75, 3.05) is 0 Å². The van der Waals surface area contributed by atoms with Crippen LogP contribution in [-0.4, -0.2) is 15.6 Å². The van der Waals surface area contributed by atoms with Gasteiger partial charge in [0, 0.05) is 36.2 Å². The molecule has 7 aromatic carbocycles. The van der Waals surface area contributed by atoms with Crippen LogP contribution in [0.1, 0.15) is 79.3 Å². The summed E-state index contributed by atoms with van der Waals surface area (Å²) in [4.78, 5) is 4.88. The molecule has 0 N–H and O–H groups in total. The Bertz CT molecular complexity index is 3320. The van der Waals surface area contributed by atoms with Crippen LogP contribution in [0.15, 0.2) is 164 Å². The number of hydrogen-bond acceptors (Lipinski definition) is 2. The van der Waals surface area contributed by atoms with Crippen molar-refractivity contribution in [3.05, 3.63) is 193 Å². The van der Waals surface area contributed by atoms with Gasteiger partial charge < -0.3 is 9.30 Å². The number of hydrogen-bond donors (Lipinski definition) is 0. The minimum absolute atomic E-state index is 0. The van der Waals surface area contributed by atoms with Crippen LogP contribution in [0.2, 0.25) is 0 Å². The Hall–Kier alpha value is -6.64. The van der Waals surface area contributed by atoms with Gasteiger partial charge in [0.25, 0.3) is 5.69 Å². The second kappa shape index (κ2) is 17.1. The summed E-state index contributed by atoms with van der Waals surface area (Å²) in [6.45, 7) is 17.2. The van der Waals surface area contributed by atoms with Crippen LogP contribution in [0.3, 0.4) is 0 Å². The summed E-state index contributed by atoms with van der Waals surface area (Å²) < 4.78 is 22.8. The maximum Gasteiger partial charge on any atom is 2.00 e. The van der Waals surface area contributed by atoms with Crippen LogP contribution in [0.4, 0.5) is 22.7 Å². The van der Waals surface area contributed by atoms with Gasteiger partial charge in [-0.2, -0.15) is 6.07 Å². The molecule has 1 aliphatic rings. The summed E-state index contributed by atoms with van der Waals surface area (Å²) >= 11 is 0. The number of para-hydroxylation sites is 3. The van der Waals surface area contributed by atoms with E-state index in [4.69, 9.17) is 9.72 Å². The largest absolute Gasteiger partial charge is 2.00 e. The molecule has 1 aliphatic heterocycles. The Labute approximate surface area is 398 Å². The molecule has 5 nitrogen and oxygen atoms in total. The molecule has 0 aliphatic carbocycles. The molecule has 0 radical (unpaired) electrons. The van der Waals surface area contributed by atoms with Crippen molar-refractivity contribution in [2.45, 2.75) is 72.1 Å². The fraction of sp³-hybridized carbons (Fsp3) is 0.186. The topological polar surface area (TPSA) is 33.1 Å². The van der Waals surface area contributed by atoms with E-state index in [0.717, 1.165) is 83.8 Å². The standard InChI is InChI=1S/C59H52N4O.Pt/c1-39(2)47-24-18-28-53-57(47)62(56-48(40-19-11-9-12-20-40)25-17-26-49(56)41-21-13-10-14-22-41)38-61(53)44-33-43(59(6,7)8)34-46(36-44)64-45-29-30-51-50-23-15-16-27-52(50)63(54(51)37-45)55-35-42(31-32-60-55)58(3,4)5;/h9-35,39H,1-8H3;/q;+2/i39D;. The van der Waals surface area contributed by atoms with Gasteiger partial charge in [0.2, 0.25) is 5.69 Å². The zero-order valence-electron chi connectivity index (χ0n) is 39.1. The van der Waals surface area contributed by atoms with Gasteiger partial charge in [-0.15, -0.1) is 29.1 Å². The van der Waals surface area contributed by atoms with Crippen LogP contribution in [0.5, 0.6) is 11.5 Å². The third-order valence-corrected chi connectivity index (χ3v) is 12.2. The number of pyridine rings is 1.